The van der Waals surface area contributed by atoms with Crippen LogP contribution >= 0.6 is 0 Å². The van der Waals surface area contributed by atoms with Crippen LogP contribution in [0.3, 0.4) is 0 Å². The van der Waals surface area contributed by atoms with Crippen molar-refractivity contribution in [2.45, 2.75) is 20.8 Å². The number of rotatable bonds is 3. The van der Waals surface area contributed by atoms with Crippen molar-refractivity contribution in [3.63, 3.8) is 0 Å². The summed E-state index contributed by atoms with van der Waals surface area (Å²) in [6, 6.07) is 5.99. The number of hydrogen-bond acceptors (Lipinski definition) is 1. The first-order valence-corrected chi connectivity index (χ1v) is 6.07. The summed E-state index contributed by atoms with van der Waals surface area (Å²) in [6.07, 6.45) is 5.63. The average molecular weight is 245 g/mol. The zero-order valence-corrected chi connectivity index (χ0v) is 11.7. The van der Waals surface area contributed by atoms with E-state index >= 15 is 0 Å². The van der Waals surface area contributed by atoms with Gasteiger partial charge in [0.1, 0.15) is 0 Å². The van der Waals surface area contributed by atoms with Gasteiger partial charge in [0.05, 0.1) is 0 Å². The third kappa shape index (κ3) is 4.87. The van der Waals surface area contributed by atoms with E-state index in [0.29, 0.717) is 5.96 Å². The summed E-state index contributed by atoms with van der Waals surface area (Å²) in [5.41, 5.74) is 8.86. The van der Waals surface area contributed by atoms with Gasteiger partial charge in [0.15, 0.2) is 5.96 Å². The van der Waals surface area contributed by atoms with E-state index < -0.39 is 0 Å². The molecule has 0 spiro atoms. The van der Waals surface area contributed by atoms with E-state index in [1.807, 2.05) is 51.1 Å². The molecular weight excluding hydrogens is 222 g/mol. The number of allylic oxidation sites excluding steroid dienone is 2. The molecule has 0 aliphatic rings. The minimum absolute atomic E-state index is 0.402. The van der Waals surface area contributed by atoms with E-state index in [-0.39, 0.29) is 0 Å². The highest BCUT2D eigenvalue weighted by atomic mass is 15.1. The Bertz CT molecular complexity index is 431. The second-order valence-electron chi connectivity index (χ2n) is 3.36. The first-order chi connectivity index (χ1) is 8.69. The summed E-state index contributed by atoms with van der Waals surface area (Å²) >= 11 is 0. The molecule has 0 unspecified atom stereocenters. The van der Waals surface area contributed by atoms with Crippen LogP contribution in [0.1, 0.15) is 25.0 Å². The van der Waals surface area contributed by atoms with Crippen LogP contribution in [0.4, 0.5) is 5.69 Å². The molecule has 18 heavy (non-hydrogen) atoms. The van der Waals surface area contributed by atoms with E-state index in [1.54, 1.807) is 13.1 Å². The third-order valence-corrected chi connectivity index (χ3v) is 2.23. The Kier molecular flexibility index (Phi) is 8.03. The van der Waals surface area contributed by atoms with Crippen LogP contribution in [-0.2, 0) is 0 Å². The molecule has 0 heterocycles. The third-order valence-electron chi connectivity index (χ3n) is 2.23. The summed E-state index contributed by atoms with van der Waals surface area (Å²) in [5, 5.41) is 3.05. The fraction of sp³-hybridized carbons (Fsp3) is 0.267. The number of guanidine groups is 1. The topological polar surface area (TPSA) is 50.4 Å². The number of nitrogens with two attached hydrogens (primary N) is 1. The van der Waals surface area contributed by atoms with Crippen LogP contribution in [-0.4, -0.2) is 13.0 Å². The quantitative estimate of drug-likeness (QED) is 0.486. The Labute approximate surface area is 110 Å². The maximum atomic E-state index is 5.65. The number of benzene rings is 1. The molecule has 98 valence electrons. The number of hydrogen-bond donors (Lipinski definition) is 2. The Morgan fingerprint density at radius 3 is 2.61 bits per heavy atom. The van der Waals surface area contributed by atoms with E-state index in [1.165, 1.54) is 5.56 Å². The van der Waals surface area contributed by atoms with Crippen molar-refractivity contribution >= 4 is 17.7 Å². The van der Waals surface area contributed by atoms with Gasteiger partial charge in [-0.05, 0) is 18.6 Å². The minimum Gasteiger partial charge on any atom is -0.370 e. The molecule has 3 nitrogen and oxygen atoms in total. The molecule has 0 fully saturated rings. The molecule has 1 aromatic rings. The van der Waals surface area contributed by atoms with Gasteiger partial charge in [-0.25, -0.2) is 0 Å². The largest absolute Gasteiger partial charge is 0.370 e. The molecule has 0 radical (unpaired) electrons. The Balaban J connectivity index is 0.00000137. The SMILES string of the molecule is C=C/C=C\c1c(C)cccc1NC(N)=NC.CC. The Morgan fingerprint density at radius 2 is 2.06 bits per heavy atom. The van der Waals surface area contributed by atoms with E-state index in [0.717, 1.165) is 11.3 Å². The second kappa shape index (κ2) is 9.05. The predicted octanol–water partition coefficient (Wildman–Crippen LogP) is 3.58. The summed E-state index contributed by atoms with van der Waals surface area (Å²) in [7, 11) is 1.65. The molecule has 0 saturated carbocycles. The number of aliphatic imine (C=N–C) groups is 1. The first-order valence-electron chi connectivity index (χ1n) is 6.07. The van der Waals surface area contributed by atoms with Crippen molar-refractivity contribution < 1.29 is 0 Å². The first kappa shape index (κ1) is 16.0. The molecular formula is C15H23N3. The highest BCUT2D eigenvalue weighted by Gasteiger charge is 2.02. The fourth-order valence-electron chi connectivity index (χ4n) is 1.37. The van der Waals surface area contributed by atoms with Crippen molar-refractivity contribution in [1.29, 1.82) is 0 Å². The highest BCUT2D eigenvalue weighted by molar-refractivity contribution is 5.94. The zero-order valence-electron chi connectivity index (χ0n) is 11.7. The van der Waals surface area contributed by atoms with Gasteiger partial charge in [0.25, 0.3) is 0 Å². The van der Waals surface area contributed by atoms with Crippen molar-refractivity contribution in [2.75, 3.05) is 12.4 Å². The number of aryl methyl sites for hydroxylation is 1. The Hall–Kier alpha value is -2.03. The van der Waals surface area contributed by atoms with Gasteiger partial charge in [0.2, 0.25) is 0 Å². The lowest BCUT2D eigenvalue weighted by molar-refractivity contribution is 1.36. The molecule has 0 saturated heterocycles. The maximum absolute atomic E-state index is 5.65. The number of nitrogens with zero attached hydrogens (tertiary/aromatic N) is 1. The van der Waals surface area contributed by atoms with Crippen LogP contribution in [0, 0.1) is 6.92 Å². The predicted molar refractivity (Wildman–Crippen MR) is 82.9 cm³/mol. The lowest BCUT2D eigenvalue weighted by Gasteiger charge is -2.10. The van der Waals surface area contributed by atoms with Gasteiger partial charge >= 0.3 is 0 Å². The fourth-order valence-corrected chi connectivity index (χ4v) is 1.37. The van der Waals surface area contributed by atoms with Gasteiger partial charge in [0, 0.05) is 18.3 Å². The number of nitrogens with one attached hydrogen (secondary N) is 1. The van der Waals surface area contributed by atoms with Crippen LogP contribution in [0.5, 0.6) is 0 Å². The van der Waals surface area contributed by atoms with Crippen LogP contribution in [0.15, 0.2) is 41.9 Å². The van der Waals surface area contributed by atoms with Gasteiger partial charge in [-0.1, -0.05) is 50.8 Å². The van der Waals surface area contributed by atoms with E-state index in [9.17, 15) is 0 Å². The summed E-state index contributed by atoms with van der Waals surface area (Å²) in [5.74, 6) is 0.402. The zero-order chi connectivity index (χ0) is 14.0. The summed E-state index contributed by atoms with van der Waals surface area (Å²) < 4.78 is 0. The Morgan fingerprint density at radius 1 is 1.39 bits per heavy atom. The molecule has 3 N–H and O–H groups in total. The molecule has 0 aliphatic heterocycles. The molecule has 1 aromatic carbocycles. The van der Waals surface area contributed by atoms with Crippen LogP contribution in [0.2, 0.25) is 0 Å². The highest BCUT2D eigenvalue weighted by Crippen LogP contribution is 2.20. The molecule has 0 atom stereocenters. The average Bonchev–Trinajstić information content (AvgIpc) is 2.40. The minimum atomic E-state index is 0.402. The monoisotopic (exact) mass is 245 g/mol. The van der Waals surface area contributed by atoms with Crippen molar-refractivity contribution in [2.24, 2.45) is 10.7 Å². The normalized spacial score (nSPS) is 10.8. The van der Waals surface area contributed by atoms with Gasteiger partial charge in [-0.2, -0.15) is 0 Å². The second-order valence-corrected chi connectivity index (χ2v) is 3.36. The molecule has 3 heteroatoms. The molecule has 0 bridgehead atoms. The molecule has 0 amide bonds. The lowest BCUT2D eigenvalue weighted by atomic mass is 10.1. The summed E-state index contributed by atoms with van der Waals surface area (Å²) in [4.78, 5) is 3.87. The van der Waals surface area contributed by atoms with Gasteiger partial charge < -0.3 is 11.1 Å². The van der Waals surface area contributed by atoms with Crippen molar-refractivity contribution in [3.05, 3.63) is 48.1 Å². The smallest absolute Gasteiger partial charge is 0.192 e. The van der Waals surface area contributed by atoms with Crippen LogP contribution in [0.25, 0.3) is 6.08 Å². The van der Waals surface area contributed by atoms with Gasteiger partial charge in [-0.3, -0.25) is 4.99 Å². The maximum Gasteiger partial charge on any atom is 0.192 e. The number of anilines is 1. The standard InChI is InChI=1S/C13H17N3.C2H6/c1-4-5-8-11-10(2)7-6-9-12(11)16-13(14)15-3;1-2/h4-9H,1H2,2-3H3,(H3,14,15,16);1-2H3/b8-5-;. The lowest BCUT2D eigenvalue weighted by Crippen LogP contribution is -2.22. The summed E-state index contributed by atoms with van der Waals surface area (Å²) in [6.45, 7) is 9.71. The van der Waals surface area contributed by atoms with E-state index in [4.69, 9.17) is 5.73 Å². The van der Waals surface area contributed by atoms with E-state index in [2.05, 4.69) is 16.9 Å². The molecule has 0 aromatic heterocycles. The molecule has 1 rings (SSSR count). The van der Waals surface area contributed by atoms with Crippen molar-refractivity contribution in [1.82, 2.24) is 0 Å². The van der Waals surface area contributed by atoms with Gasteiger partial charge in [-0.15, -0.1) is 0 Å². The molecule has 0 aliphatic carbocycles. The van der Waals surface area contributed by atoms with Crippen LogP contribution < -0.4 is 11.1 Å². The van der Waals surface area contributed by atoms with Crippen molar-refractivity contribution in [3.8, 4) is 0 Å².